The normalized spacial score (nSPS) is 17.5. The van der Waals surface area contributed by atoms with Crippen LogP contribution >= 0.6 is 0 Å². The van der Waals surface area contributed by atoms with Gasteiger partial charge in [0, 0.05) is 19.6 Å². The van der Waals surface area contributed by atoms with Crippen molar-refractivity contribution < 1.29 is 27.8 Å². The van der Waals surface area contributed by atoms with Crippen LogP contribution in [0.1, 0.15) is 18.4 Å². The number of halogens is 3. The van der Waals surface area contributed by atoms with Gasteiger partial charge in [0.25, 0.3) is 0 Å². The van der Waals surface area contributed by atoms with Crippen LogP contribution in [0.25, 0.3) is 0 Å². The number of urea groups is 1. The van der Waals surface area contributed by atoms with Gasteiger partial charge in [0.1, 0.15) is 5.75 Å². The van der Waals surface area contributed by atoms with E-state index in [1.807, 2.05) is 12.1 Å². The minimum Gasteiger partial charge on any atom is -0.497 e. The van der Waals surface area contributed by atoms with Gasteiger partial charge < -0.3 is 20.1 Å². The Bertz CT molecular complexity index is 558. The van der Waals surface area contributed by atoms with Crippen molar-refractivity contribution in [2.75, 3.05) is 20.2 Å². The third-order valence-corrected chi connectivity index (χ3v) is 4.19. The van der Waals surface area contributed by atoms with Gasteiger partial charge >= 0.3 is 12.2 Å². The van der Waals surface area contributed by atoms with Crippen molar-refractivity contribution in [2.45, 2.75) is 31.7 Å². The predicted octanol–water partition coefficient (Wildman–Crippen LogP) is 2.54. The molecule has 1 aromatic carbocycles. The number of hydrogen-bond donors (Lipinski definition) is 2. The Balaban J connectivity index is 1.80. The molecule has 1 aliphatic rings. The molecule has 1 fully saturated rings. The lowest BCUT2D eigenvalue weighted by Gasteiger charge is -2.34. The molecule has 5 nitrogen and oxygen atoms in total. The maximum atomic E-state index is 12.5. The molecule has 0 saturated carbocycles. The fourth-order valence-corrected chi connectivity index (χ4v) is 2.76. The second kappa shape index (κ2) is 7.74. The van der Waals surface area contributed by atoms with E-state index in [2.05, 4.69) is 5.32 Å². The van der Waals surface area contributed by atoms with Gasteiger partial charge in [0.15, 0.2) is 6.10 Å². The number of aliphatic hydroxyl groups is 1. The first-order chi connectivity index (χ1) is 11.3. The van der Waals surface area contributed by atoms with Crippen LogP contribution in [0.2, 0.25) is 0 Å². The summed E-state index contributed by atoms with van der Waals surface area (Å²) in [6.45, 7) is 0.699. The Hall–Kier alpha value is -1.96. The number of ether oxygens (including phenoxy) is 1. The van der Waals surface area contributed by atoms with Crippen molar-refractivity contribution in [3.63, 3.8) is 0 Å². The van der Waals surface area contributed by atoms with Crippen LogP contribution in [-0.2, 0) is 6.54 Å². The SMILES string of the molecule is COc1cccc(CNC(=O)N2CCC([C@H](O)C(F)(F)F)CC2)c1. The highest BCUT2D eigenvalue weighted by molar-refractivity contribution is 5.74. The predicted molar refractivity (Wildman–Crippen MR) is 81.6 cm³/mol. The van der Waals surface area contributed by atoms with Crippen molar-refractivity contribution in [3.05, 3.63) is 29.8 Å². The number of alkyl halides is 3. The van der Waals surface area contributed by atoms with E-state index in [0.717, 1.165) is 5.56 Å². The number of amides is 2. The first kappa shape index (κ1) is 18.4. The zero-order valence-corrected chi connectivity index (χ0v) is 13.3. The average molecular weight is 346 g/mol. The number of carbonyl (C=O) groups is 1. The summed E-state index contributed by atoms with van der Waals surface area (Å²) in [5.74, 6) is -0.170. The van der Waals surface area contributed by atoms with Crippen molar-refractivity contribution in [1.82, 2.24) is 10.2 Å². The molecular formula is C16H21F3N2O3. The van der Waals surface area contributed by atoms with Gasteiger partial charge in [-0.25, -0.2) is 4.79 Å². The zero-order chi connectivity index (χ0) is 17.7. The van der Waals surface area contributed by atoms with Gasteiger partial charge in [-0.05, 0) is 36.5 Å². The van der Waals surface area contributed by atoms with Gasteiger partial charge in [-0.2, -0.15) is 13.2 Å². The van der Waals surface area contributed by atoms with Crippen LogP contribution in [0.15, 0.2) is 24.3 Å². The fraction of sp³-hybridized carbons (Fsp3) is 0.562. The van der Waals surface area contributed by atoms with Gasteiger partial charge in [-0.3, -0.25) is 0 Å². The standard InChI is InChI=1S/C16H21F3N2O3/c1-24-13-4-2-3-11(9-13)10-20-15(23)21-7-5-12(6-8-21)14(22)16(17,18)19/h2-4,9,12,14,22H,5-8,10H2,1H3,(H,20,23)/t14-/m0/s1. The number of nitrogens with zero attached hydrogens (tertiary/aromatic N) is 1. The number of carbonyl (C=O) groups excluding carboxylic acids is 1. The lowest BCUT2D eigenvalue weighted by atomic mass is 9.91. The third kappa shape index (κ3) is 4.77. The van der Waals surface area contributed by atoms with Crippen LogP contribution in [-0.4, -0.2) is 48.5 Å². The van der Waals surface area contributed by atoms with Gasteiger partial charge in [0.2, 0.25) is 0 Å². The molecule has 2 rings (SSSR count). The molecular weight excluding hydrogens is 325 g/mol. The molecule has 0 unspecified atom stereocenters. The van der Waals surface area contributed by atoms with Gasteiger partial charge in [-0.15, -0.1) is 0 Å². The monoisotopic (exact) mass is 346 g/mol. The fourth-order valence-electron chi connectivity index (χ4n) is 2.76. The number of methoxy groups -OCH3 is 1. The lowest BCUT2D eigenvalue weighted by molar-refractivity contribution is -0.222. The van der Waals surface area contributed by atoms with E-state index in [-0.39, 0.29) is 32.0 Å². The van der Waals surface area contributed by atoms with Crippen molar-refractivity contribution in [3.8, 4) is 5.75 Å². The number of nitrogens with one attached hydrogen (secondary N) is 1. The molecule has 2 amide bonds. The van der Waals surface area contributed by atoms with Crippen LogP contribution in [0, 0.1) is 5.92 Å². The number of hydrogen-bond acceptors (Lipinski definition) is 3. The molecule has 134 valence electrons. The number of aliphatic hydroxyl groups excluding tert-OH is 1. The topological polar surface area (TPSA) is 61.8 Å². The quantitative estimate of drug-likeness (QED) is 0.881. The minimum absolute atomic E-state index is 0.132. The summed E-state index contributed by atoms with van der Waals surface area (Å²) in [6, 6.07) is 6.92. The van der Waals surface area contributed by atoms with Gasteiger partial charge in [-0.1, -0.05) is 12.1 Å². The van der Waals surface area contributed by atoms with Crippen LogP contribution in [0.3, 0.4) is 0 Å². The first-order valence-electron chi connectivity index (χ1n) is 7.71. The summed E-state index contributed by atoms with van der Waals surface area (Å²) in [5.41, 5.74) is 0.866. The maximum Gasteiger partial charge on any atom is 0.414 e. The minimum atomic E-state index is -4.61. The maximum absolute atomic E-state index is 12.5. The Labute approximate surface area is 138 Å². The third-order valence-electron chi connectivity index (χ3n) is 4.19. The average Bonchev–Trinajstić information content (AvgIpc) is 2.58. The Morgan fingerprint density at radius 2 is 2.08 bits per heavy atom. The second-order valence-corrected chi connectivity index (χ2v) is 5.82. The number of piperidine rings is 1. The molecule has 1 heterocycles. The molecule has 1 atom stereocenters. The second-order valence-electron chi connectivity index (χ2n) is 5.82. The highest BCUT2D eigenvalue weighted by atomic mass is 19.4. The van der Waals surface area contributed by atoms with Crippen LogP contribution < -0.4 is 10.1 Å². The molecule has 1 saturated heterocycles. The van der Waals surface area contributed by atoms with E-state index >= 15 is 0 Å². The molecule has 0 bridgehead atoms. The van der Waals surface area contributed by atoms with E-state index in [0.29, 0.717) is 12.3 Å². The summed E-state index contributed by atoms with van der Waals surface area (Å²) in [4.78, 5) is 13.6. The molecule has 1 aromatic rings. The number of rotatable bonds is 4. The molecule has 0 aliphatic carbocycles. The summed E-state index contributed by atoms with van der Waals surface area (Å²) in [5, 5.41) is 12.0. The summed E-state index contributed by atoms with van der Waals surface area (Å²) >= 11 is 0. The van der Waals surface area contributed by atoms with E-state index in [9.17, 15) is 23.1 Å². The molecule has 0 aromatic heterocycles. The van der Waals surface area contributed by atoms with E-state index < -0.39 is 18.2 Å². The lowest BCUT2D eigenvalue weighted by Crippen LogP contribution is -2.48. The number of likely N-dealkylation sites (tertiary alicyclic amines) is 1. The zero-order valence-electron chi connectivity index (χ0n) is 13.3. The highest BCUT2D eigenvalue weighted by Crippen LogP contribution is 2.31. The summed E-state index contributed by atoms with van der Waals surface area (Å²) in [6.07, 6.45) is -6.67. The van der Waals surface area contributed by atoms with Crippen molar-refractivity contribution in [2.24, 2.45) is 5.92 Å². The van der Waals surface area contributed by atoms with Crippen LogP contribution in [0.5, 0.6) is 5.75 Å². The van der Waals surface area contributed by atoms with Crippen molar-refractivity contribution in [1.29, 1.82) is 0 Å². The number of benzene rings is 1. The first-order valence-corrected chi connectivity index (χ1v) is 7.71. The highest BCUT2D eigenvalue weighted by Gasteiger charge is 2.44. The van der Waals surface area contributed by atoms with Gasteiger partial charge in [0.05, 0.1) is 7.11 Å². The van der Waals surface area contributed by atoms with E-state index in [1.54, 1.807) is 19.2 Å². The largest absolute Gasteiger partial charge is 0.497 e. The molecule has 2 N–H and O–H groups in total. The summed E-state index contributed by atoms with van der Waals surface area (Å²) < 4.78 is 42.6. The van der Waals surface area contributed by atoms with Crippen molar-refractivity contribution >= 4 is 6.03 Å². The summed E-state index contributed by atoms with van der Waals surface area (Å²) in [7, 11) is 1.55. The van der Waals surface area contributed by atoms with E-state index in [1.165, 1.54) is 4.90 Å². The smallest absolute Gasteiger partial charge is 0.414 e. The van der Waals surface area contributed by atoms with E-state index in [4.69, 9.17) is 4.74 Å². The molecule has 0 radical (unpaired) electrons. The Morgan fingerprint density at radius 1 is 1.42 bits per heavy atom. The molecule has 24 heavy (non-hydrogen) atoms. The Kier molecular flexibility index (Phi) is 5.93. The molecule has 0 spiro atoms. The Morgan fingerprint density at radius 3 is 2.67 bits per heavy atom. The van der Waals surface area contributed by atoms with Crippen LogP contribution in [0.4, 0.5) is 18.0 Å². The molecule has 1 aliphatic heterocycles. The molecule has 8 heteroatoms.